The second-order valence-corrected chi connectivity index (χ2v) is 6.02. The number of rotatable bonds is 4. The Labute approximate surface area is 114 Å². The highest BCUT2D eigenvalue weighted by Crippen LogP contribution is 2.47. The standard InChI is InChI=1S/C14H25N3O2/c1-4-17(3)14(19)8(2)16-13(18)11-9-5-6-10(7-9)12(11)15/h8-12H,4-7,15H2,1-3H3,(H,16,18). The summed E-state index contributed by atoms with van der Waals surface area (Å²) in [7, 11) is 1.74. The molecule has 2 amide bonds. The van der Waals surface area contributed by atoms with E-state index in [-0.39, 0.29) is 23.8 Å². The molecule has 0 aromatic rings. The molecule has 2 rings (SSSR count). The zero-order chi connectivity index (χ0) is 14.2. The number of likely N-dealkylation sites (N-methyl/N-ethyl adjacent to an activating group) is 1. The molecule has 0 heterocycles. The number of nitrogens with zero attached hydrogens (tertiary/aromatic N) is 1. The van der Waals surface area contributed by atoms with Crippen LogP contribution in [0.2, 0.25) is 0 Å². The summed E-state index contributed by atoms with van der Waals surface area (Å²) in [6.07, 6.45) is 3.34. The van der Waals surface area contributed by atoms with Gasteiger partial charge in [0, 0.05) is 19.6 Å². The molecule has 0 spiro atoms. The van der Waals surface area contributed by atoms with Crippen molar-refractivity contribution in [2.24, 2.45) is 23.5 Å². The monoisotopic (exact) mass is 267 g/mol. The minimum atomic E-state index is -0.469. The molecule has 0 aromatic carbocycles. The SMILES string of the molecule is CCN(C)C(=O)C(C)NC(=O)C1C2CCC(C2)C1N. The minimum absolute atomic E-state index is 0.0232. The first-order valence-electron chi connectivity index (χ1n) is 7.26. The molecule has 5 atom stereocenters. The van der Waals surface area contributed by atoms with Gasteiger partial charge in [-0.05, 0) is 44.9 Å². The van der Waals surface area contributed by atoms with Gasteiger partial charge in [0.1, 0.15) is 6.04 Å². The Hall–Kier alpha value is -1.10. The maximum Gasteiger partial charge on any atom is 0.244 e. The van der Waals surface area contributed by atoms with Crippen LogP contribution in [0.5, 0.6) is 0 Å². The highest BCUT2D eigenvalue weighted by atomic mass is 16.2. The molecule has 2 fully saturated rings. The van der Waals surface area contributed by atoms with Crippen LogP contribution in [0, 0.1) is 17.8 Å². The second kappa shape index (κ2) is 5.49. The van der Waals surface area contributed by atoms with E-state index in [4.69, 9.17) is 5.73 Å². The van der Waals surface area contributed by atoms with Crippen molar-refractivity contribution in [2.75, 3.05) is 13.6 Å². The zero-order valence-corrected chi connectivity index (χ0v) is 12.1. The van der Waals surface area contributed by atoms with Crippen molar-refractivity contribution in [3.8, 4) is 0 Å². The number of nitrogens with two attached hydrogens (primary N) is 1. The van der Waals surface area contributed by atoms with E-state index in [1.54, 1.807) is 18.9 Å². The van der Waals surface area contributed by atoms with Crippen molar-refractivity contribution < 1.29 is 9.59 Å². The largest absolute Gasteiger partial charge is 0.344 e. The van der Waals surface area contributed by atoms with Crippen LogP contribution in [0.3, 0.4) is 0 Å². The fraction of sp³-hybridized carbons (Fsp3) is 0.857. The van der Waals surface area contributed by atoms with Gasteiger partial charge in [-0.15, -0.1) is 0 Å². The van der Waals surface area contributed by atoms with E-state index in [9.17, 15) is 9.59 Å². The van der Waals surface area contributed by atoms with Crippen LogP contribution in [0.15, 0.2) is 0 Å². The molecule has 0 aliphatic heterocycles. The summed E-state index contributed by atoms with van der Waals surface area (Å²) in [5.74, 6) is 0.745. The highest BCUT2D eigenvalue weighted by Gasteiger charge is 2.49. The van der Waals surface area contributed by atoms with Crippen molar-refractivity contribution in [1.29, 1.82) is 0 Å². The predicted molar refractivity (Wildman–Crippen MR) is 73.2 cm³/mol. The molecule has 2 saturated carbocycles. The number of hydrogen-bond donors (Lipinski definition) is 2. The van der Waals surface area contributed by atoms with Crippen molar-refractivity contribution in [2.45, 2.75) is 45.2 Å². The Morgan fingerprint density at radius 2 is 2.00 bits per heavy atom. The van der Waals surface area contributed by atoms with E-state index < -0.39 is 6.04 Å². The van der Waals surface area contributed by atoms with Gasteiger partial charge in [0.15, 0.2) is 0 Å². The first-order valence-corrected chi connectivity index (χ1v) is 7.26. The van der Waals surface area contributed by atoms with Gasteiger partial charge in [0.05, 0.1) is 5.92 Å². The van der Waals surface area contributed by atoms with Crippen LogP contribution in [0.1, 0.15) is 33.1 Å². The first-order chi connectivity index (χ1) is 8.95. The van der Waals surface area contributed by atoms with Crippen LogP contribution in [-0.4, -0.2) is 42.4 Å². The molecular formula is C14H25N3O2. The summed E-state index contributed by atoms with van der Waals surface area (Å²) in [6.45, 7) is 4.30. The molecule has 0 radical (unpaired) electrons. The summed E-state index contributed by atoms with van der Waals surface area (Å²) in [6, 6.07) is -0.492. The molecule has 2 aliphatic carbocycles. The van der Waals surface area contributed by atoms with Gasteiger partial charge in [-0.3, -0.25) is 9.59 Å². The fourth-order valence-electron chi connectivity index (χ4n) is 3.58. The maximum absolute atomic E-state index is 12.3. The van der Waals surface area contributed by atoms with Gasteiger partial charge in [-0.25, -0.2) is 0 Å². The molecule has 108 valence electrons. The number of fused-ring (bicyclic) bond motifs is 2. The third-order valence-electron chi connectivity index (χ3n) is 4.86. The van der Waals surface area contributed by atoms with E-state index in [1.807, 2.05) is 6.92 Å². The molecule has 2 bridgehead atoms. The van der Waals surface area contributed by atoms with Crippen molar-refractivity contribution in [3.63, 3.8) is 0 Å². The average molecular weight is 267 g/mol. The van der Waals surface area contributed by atoms with Crippen molar-refractivity contribution >= 4 is 11.8 Å². The van der Waals surface area contributed by atoms with Gasteiger partial charge in [0.25, 0.3) is 0 Å². The van der Waals surface area contributed by atoms with Gasteiger partial charge in [0.2, 0.25) is 11.8 Å². The lowest BCUT2D eigenvalue weighted by atomic mass is 9.84. The van der Waals surface area contributed by atoms with Crippen molar-refractivity contribution in [3.05, 3.63) is 0 Å². The Morgan fingerprint density at radius 1 is 1.37 bits per heavy atom. The number of hydrogen-bond acceptors (Lipinski definition) is 3. The lowest BCUT2D eigenvalue weighted by Crippen LogP contribution is -2.51. The molecule has 5 nitrogen and oxygen atoms in total. The van der Waals surface area contributed by atoms with E-state index in [1.165, 1.54) is 0 Å². The van der Waals surface area contributed by atoms with Gasteiger partial charge in [-0.1, -0.05) is 0 Å². The lowest BCUT2D eigenvalue weighted by molar-refractivity contribution is -0.136. The molecule has 5 unspecified atom stereocenters. The Morgan fingerprint density at radius 3 is 2.53 bits per heavy atom. The van der Waals surface area contributed by atoms with Crippen LogP contribution in [0.25, 0.3) is 0 Å². The van der Waals surface area contributed by atoms with Gasteiger partial charge in [-0.2, -0.15) is 0 Å². The third kappa shape index (κ3) is 2.61. The number of amides is 2. The molecular weight excluding hydrogens is 242 g/mol. The minimum Gasteiger partial charge on any atom is -0.344 e. The topological polar surface area (TPSA) is 75.4 Å². The van der Waals surface area contributed by atoms with Gasteiger partial charge >= 0.3 is 0 Å². The van der Waals surface area contributed by atoms with Gasteiger partial charge < -0.3 is 16.0 Å². The van der Waals surface area contributed by atoms with Crippen LogP contribution >= 0.6 is 0 Å². The van der Waals surface area contributed by atoms with Crippen LogP contribution < -0.4 is 11.1 Å². The lowest BCUT2D eigenvalue weighted by Gasteiger charge is -2.29. The van der Waals surface area contributed by atoms with Crippen molar-refractivity contribution in [1.82, 2.24) is 10.2 Å². The van der Waals surface area contributed by atoms with E-state index in [0.29, 0.717) is 18.4 Å². The average Bonchev–Trinajstić information content (AvgIpc) is 2.97. The fourth-order valence-corrected chi connectivity index (χ4v) is 3.58. The van der Waals surface area contributed by atoms with E-state index >= 15 is 0 Å². The summed E-state index contributed by atoms with van der Waals surface area (Å²) in [5, 5.41) is 2.84. The molecule has 0 saturated heterocycles. The Balaban J connectivity index is 1.93. The number of carbonyl (C=O) groups is 2. The molecule has 0 aromatic heterocycles. The number of nitrogens with one attached hydrogen (secondary N) is 1. The number of carbonyl (C=O) groups excluding carboxylic acids is 2. The quantitative estimate of drug-likeness (QED) is 0.771. The smallest absolute Gasteiger partial charge is 0.244 e. The molecule has 3 N–H and O–H groups in total. The first kappa shape index (κ1) is 14.3. The normalized spacial score (nSPS) is 34.1. The predicted octanol–water partition coefficient (Wildman–Crippen LogP) is 0.343. The maximum atomic E-state index is 12.3. The summed E-state index contributed by atoms with van der Waals surface area (Å²) in [5.41, 5.74) is 6.15. The summed E-state index contributed by atoms with van der Waals surface area (Å²) in [4.78, 5) is 25.9. The van der Waals surface area contributed by atoms with E-state index in [0.717, 1.165) is 19.3 Å². The summed E-state index contributed by atoms with van der Waals surface area (Å²) < 4.78 is 0. The third-order valence-corrected chi connectivity index (χ3v) is 4.86. The van der Waals surface area contributed by atoms with Crippen LogP contribution in [-0.2, 0) is 9.59 Å². The van der Waals surface area contributed by atoms with E-state index in [2.05, 4.69) is 5.32 Å². The highest BCUT2D eigenvalue weighted by molar-refractivity contribution is 5.88. The summed E-state index contributed by atoms with van der Waals surface area (Å²) >= 11 is 0. The Kier molecular flexibility index (Phi) is 4.13. The second-order valence-electron chi connectivity index (χ2n) is 6.02. The molecule has 5 heteroatoms. The zero-order valence-electron chi connectivity index (χ0n) is 12.1. The molecule has 19 heavy (non-hydrogen) atoms. The van der Waals surface area contributed by atoms with Crippen LogP contribution in [0.4, 0.5) is 0 Å². The Bertz CT molecular complexity index is 370. The molecule has 2 aliphatic rings.